The van der Waals surface area contributed by atoms with E-state index in [4.69, 9.17) is 16.3 Å². The first-order chi connectivity index (χ1) is 6.65. The molecule has 0 amide bonds. The third-order valence-electron chi connectivity index (χ3n) is 1.60. The number of aromatic nitrogens is 2. The Morgan fingerprint density at radius 3 is 2.71 bits per heavy atom. The summed E-state index contributed by atoms with van der Waals surface area (Å²) < 4.78 is 6.24. The van der Waals surface area contributed by atoms with Gasteiger partial charge in [-0.25, -0.2) is 9.97 Å². The van der Waals surface area contributed by atoms with E-state index in [1.165, 1.54) is 0 Å². The van der Waals surface area contributed by atoms with Crippen LogP contribution in [0.2, 0.25) is 5.15 Å². The number of hydrogen-bond donors (Lipinski definition) is 0. The van der Waals surface area contributed by atoms with Gasteiger partial charge in [-0.15, -0.1) is 0 Å². The van der Waals surface area contributed by atoms with Crippen LogP contribution >= 0.6 is 34.2 Å². The van der Waals surface area contributed by atoms with E-state index < -0.39 is 0 Å². The van der Waals surface area contributed by atoms with E-state index in [-0.39, 0.29) is 0 Å². The predicted octanol–water partition coefficient (Wildman–Crippen LogP) is 2.97. The van der Waals surface area contributed by atoms with Gasteiger partial charge in [-0.05, 0) is 35.9 Å². The minimum Gasteiger partial charge on any atom is -0.373 e. The SMILES string of the molecule is CCCOCc1nc(C)c(I)c(Cl)n1. The van der Waals surface area contributed by atoms with E-state index in [0.29, 0.717) is 17.6 Å². The van der Waals surface area contributed by atoms with Gasteiger partial charge in [0.15, 0.2) is 5.82 Å². The van der Waals surface area contributed by atoms with Crippen molar-refractivity contribution in [1.82, 2.24) is 9.97 Å². The third-order valence-corrected chi connectivity index (χ3v) is 3.49. The van der Waals surface area contributed by atoms with E-state index in [2.05, 4.69) is 39.5 Å². The number of halogens is 2. The van der Waals surface area contributed by atoms with Gasteiger partial charge in [0.2, 0.25) is 0 Å². The molecule has 0 aliphatic rings. The summed E-state index contributed by atoms with van der Waals surface area (Å²) >= 11 is 8.05. The normalized spacial score (nSPS) is 10.6. The Morgan fingerprint density at radius 1 is 1.43 bits per heavy atom. The summed E-state index contributed by atoms with van der Waals surface area (Å²) in [7, 11) is 0. The zero-order valence-corrected chi connectivity index (χ0v) is 11.1. The molecule has 0 saturated carbocycles. The molecule has 0 saturated heterocycles. The summed E-state index contributed by atoms with van der Waals surface area (Å²) in [6, 6.07) is 0. The van der Waals surface area contributed by atoms with E-state index >= 15 is 0 Å². The maximum atomic E-state index is 5.92. The standard InChI is InChI=1S/C9H12ClIN2O/c1-3-4-14-5-7-12-6(2)8(11)9(10)13-7/h3-5H2,1-2H3. The Labute approximate surface area is 102 Å². The second-order valence-corrected chi connectivity index (χ2v) is 4.32. The van der Waals surface area contributed by atoms with Crippen LogP contribution in [0.5, 0.6) is 0 Å². The van der Waals surface area contributed by atoms with Crippen LogP contribution < -0.4 is 0 Å². The summed E-state index contributed by atoms with van der Waals surface area (Å²) in [6.45, 7) is 5.14. The molecule has 0 bridgehead atoms. The Balaban J connectivity index is 2.69. The molecule has 1 heterocycles. The molecule has 0 aliphatic carbocycles. The van der Waals surface area contributed by atoms with Crippen LogP contribution in [0.15, 0.2) is 0 Å². The molecule has 0 aromatic carbocycles. The molecule has 0 aliphatic heterocycles. The van der Waals surface area contributed by atoms with Gasteiger partial charge in [0.25, 0.3) is 0 Å². The van der Waals surface area contributed by atoms with E-state index in [9.17, 15) is 0 Å². The summed E-state index contributed by atoms with van der Waals surface area (Å²) in [4.78, 5) is 8.40. The second-order valence-electron chi connectivity index (χ2n) is 2.88. The van der Waals surface area contributed by atoms with Crippen molar-refractivity contribution in [2.24, 2.45) is 0 Å². The fourth-order valence-corrected chi connectivity index (χ4v) is 1.43. The Morgan fingerprint density at radius 2 is 2.14 bits per heavy atom. The molecular formula is C9H12ClIN2O. The Bertz CT molecular complexity index is 297. The molecule has 0 N–H and O–H groups in total. The first-order valence-corrected chi connectivity index (χ1v) is 5.87. The molecule has 5 heteroatoms. The monoisotopic (exact) mass is 326 g/mol. The lowest BCUT2D eigenvalue weighted by atomic mass is 10.4. The highest BCUT2D eigenvalue weighted by Gasteiger charge is 2.06. The van der Waals surface area contributed by atoms with Crippen molar-refractivity contribution in [3.05, 3.63) is 20.2 Å². The molecular weight excluding hydrogens is 314 g/mol. The van der Waals surface area contributed by atoms with Crippen LogP contribution in [0.25, 0.3) is 0 Å². The lowest BCUT2D eigenvalue weighted by molar-refractivity contribution is 0.116. The van der Waals surface area contributed by atoms with Gasteiger partial charge in [0, 0.05) is 6.61 Å². The zero-order valence-electron chi connectivity index (χ0n) is 8.18. The number of ether oxygens (including phenoxy) is 1. The number of nitrogens with zero attached hydrogens (tertiary/aromatic N) is 2. The maximum Gasteiger partial charge on any atom is 0.156 e. The quantitative estimate of drug-likeness (QED) is 0.485. The average Bonchev–Trinajstić information content (AvgIpc) is 2.14. The molecule has 0 spiro atoms. The highest BCUT2D eigenvalue weighted by molar-refractivity contribution is 14.1. The summed E-state index contributed by atoms with van der Waals surface area (Å²) in [5.41, 5.74) is 0.903. The predicted molar refractivity (Wildman–Crippen MR) is 64.4 cm³/mol. The van der Waals surface area contributed by atoms with Gasteiger partial charge in [-0.2, -0.15) is 0 Å². The van der Waals surface area contributed by atoms with E-state index in [1.807, 2.05) is 6.92 Å². The number of rotatable bonds is 4. The minimum atomic E-state index is 0.436. The van der Waals surface area contributed by atoms with Crippen molar-refractivity contribution in [2.45, 2.75) is 26.9 Å². The Hall–Kier alpha value is 0.0600. The van der Waals surface area contributed by atoms with Gasteiger partial charge in [0.1, 0.15) is 11.8 Å². The first-order valence-electron chi connectivity index (χ1n) is 4.41. The van der Waals surface area contributed by atoms with Crippen LogP contribution in [0.3, 0.4) is 0 Å². The van der Waals surface area contributed by atoms with Crippen molar-refractivity contribution < 1.29 is 4.74 Å². The molecule has 3 nitrogen and oxygen atoms in total. The van der Waals surface area contributed by atoms with Gasteiger partial charge in [-0.1, -0.05) is 18.5 Å². The molecule has 1 aromatic rings. The van der Waals surface area contributed by atoms with Crippen LogP contribution in [-0.2, 0) is 11.3 Å². The molecule has 14 heavy (non-hydrogen) atoms. The van der Waals surface area contributed by atoms with Crippen molar-refractivity contribution >= 4 is 34.2 Å². The average molecular weight is 327 g/mol. The lowest BCUT2D eigenvalue weighted by Gasteiger charge is -2.05. The van der Waals surface area contributed by atoms with Crippen LogP contribution in [0, 0.1) is 10.5 Å². The number of aryl methyl sites for hydroxylation is 1. The fourth-order valence-electron chi connectivity index (χ4n) is 0.952. The maximum absolute atomic E-state index is 5.92. The van der Waals surface area contributed by atoms with E-state index in [1.54, 1.807) is 0 Å². The third kappa shape index (κ3) is 3.33. The molecule has 78 valence electrons. The van der Waals surface area contributed by atoms with Crippen molar-refractivity contribution in [1.29, 1.82) is 0 Å². The molecule has 1 rings (SSSR count). The molecule has 0 atom stereocenters. The lowest BCUT2D eigenvalue weighted by Crippen LogP contribution is -2.03. The van der Waals surface area contributed by atoms with Crippen molar-refractivity contribution in [3.63, 3.8) is 0 Å². The van der Waals surface area contributed by atoms with Crippen LogP contribution in [0.1, 0.15) is 24.9 Å². The van der Waals surface area contributed by atoms with Gasteiger partial charge >= 0.3 is 0 Å². The van der Waals surface area contributed by atoms with Crippen molar-refractivity contribution in [3.8, 4) is 0 Å². The van der Waals surface area contributed by atoms with Crippen molar-refractivity contribution in [2.75, 3.05) is 6.61 Å². The smallest absolute Gasteiger partial charge is 0.156 e. The number of hydrogen-bond acceptors (Lipinski definition) is 3. The largest absolute Gasteiger partial charge is 0.373 e. The highest BCUT2D eigenvalue weighted by atomic mass is 127. The molecule has 0 unspecified atom stereocenters. The molecule has 1 aromatic heterocycles. The highest BCUT2D eigenvalue weighted by Crippen LogP contribution is 2.18. The van der Waals surface area contributed by atoms with E-state index in [0.717, 1.165) is 22.3 Å². The Kier molecular flexibility index (Phi) is 5.05. The fraction of sp³-hybridized carbons (Fsp3) is 0.556. The molecule has 0 radical (unpaired) electrons. The summed E-state index contributed by atoms with van der Waals surface area (Å²) in [5.74, 6) is 0.654. The second kappa shape index (κ2) is 5.82. The van der Waals surface area contributed by atoms with Gasteiger partial charge in [-0.3, -0.25) is 0 Å². The van der Waals surface area contributed by atoms with Gasteiger partial charge < -0.3 is 4.74 Å². The van der Waals surface area contributed by atoms with Crippen LogP contribution in [0.4, 0.5) is 0 Å². The minimum absolute atomic E-state index is 0.436. The molecule has 0 fully saturated rings. The topological polar surface area (TPSA) is 35.0 Å². The van der Waals surface area contributed by atoms with Gasteiger partial charge in [0.05, 0.1) is 9.26 Å². The zero-order chi connectivity index (χ0) is 10.6. The van der Waals surface area contributed by atoms with Crippen LogP contribution in [-0.4, -0.2) is 16.6 Å². The summed E-state index contributed by atoms with van der Waals surface area (Å²) in [6.07, 6.45) is 0.997. The first kappa shape index (κ1) is 12.1. The summed E-state index contributed by atoms with van der Waals surface area (Å²) in [5, 5.41) is 0.508.